The molecule has 92 valence electrons. The second kappa shape index (κ2) is 6.04. The van der Waals surface area contributed by atoms with Crippen LogP contribution in [0.2, 0.25) is 0 Å². The SMILES string of the molecule is C=CCCC(=O)NCC1(O)CCCC(C)C1. The van der Waals surface area contributed by atoms with Crippen LogP contribution in [0.15, 0.2) is 12.7 Å². The van der Waals surface area contributed by atoms with Crippen molar-refractivity contribution in [2.45, 2.75) is 51.0 Å². The Morgan fingerprint density at radius 2 is 2.44 bits per heavy atom. The first-order chi connectivity index (χ1) is 7.56. The van der Waals surface area contributed by atoms with E-state index in [-0.39, 0.29) is 5.91 Å². The molecule has 0 radical (unpaired) electrons. The average Bonchev–Trinajstić information content (AvgIpc) is 2.23. The minimum absolute atomic E-state index is 0.00607. The molecule has 0 spiro atoms. The van der Waals surface area contributed by atoms with Crippen molar-refractivity contribution in [1.82, 2.24) is 5.32 Å². The van der Waals surface area contributed by atoms with Gasteiger partial charge in [0.25, 0.3) is 0 Å². The van der Waals surface area contributed by atoms with E-state index in [1.54, 1.807) is 6.08 Å². The third-order valence-electron chi connectivity index (χ3n) is 3.26. The van der Waals surface area contributed by atoms with Crippen molar-refractivity contribution in [3.63, 3.8) is 0 Å². The summed E-state index contributed by atoms with van der Waals surface area (Å²) < 4.78 is 0. The highest BCUT2D eigenvalue weighted by atomic mass is 16.3. The monoisotopic (exact) mass is 225 g/mol. The van der Waals surface area contributed by atoms with E-state index in [1.165, 1.54) is 6.42 Å². The first-order valence-corrected chi connectivity index (χ1v) is 6.16. The number of hydrogen-bond acceptors (Lipinski definition) is 2. The summed E-state index contributed by atoms with van der Waals surface area (Å²) in [6.45, 7) is 6.13. The minimum Gasteiger partial charge on any atom is -0.388 e. The summed E-state index contributed by atoms with van der Waals surface area (Å²) in [7, 11) is 0. The summed E-state index contributed by atoms with van der Waals surface area (Å²) in [6.07, 6.45) is 6.74. The van der Waals surface area contributed by atoms with E-state index in [0.29, 0.717) is 25.3 Å². The number of aliphatic hydroxyl groups is 1. The second-order valence-corrected chi connectivity index (χ2v) is 5.03. The molecule has 0 aromatic rings. The van der Waals surface area contributed by atoms with Crippen molar-refractivity contribution >= 4 is 5.91 Å². The zero-order valence-corrected chi connectivity index (χ0v) is 10.2. The molecular weight excluding hydrogens is 202 g/mol. The van der Waals surface area contributed by atoms with Gasteiger partial charge in [0.05, 0.1) is 5.60 Å². The molecule has 0 aromatic carbocycles. The highest BCUT2D eigenvalue weighted by molar-refractivity contribution is 5.76. The Morgan fingerprint density at radius 1 is 1.69 bits per heavy atom. The molecule has 0 heterocycles. The Bertz CT molecular complexity index is 252. The molecule has 2 atom stereocenters. The van der Waals surface area contributed by atoms with Crippen LogP contribution in [0.3, 0.4) is 0 Å². The first kappa shape index (κ1) is 13.2. The molecule has 3 heteroatoms. The first-order valence-electron chi connectivity index (χ1n) is 6.16. The van der Waals surface area contributed by atoms with Gasteiger partial charge in [0, 0.05) is 13.0 Å². The Hall–Kier alpha value is -0.830. The molecule has 0 bridgehead atoms. The van der Waals surface area contributed by atoms with Crippen LogP contribution in [-0.2, 0) is 4.79 Å². The zero-order chi connectivity index (χ0) is 12.0. The molecular formula is C13H23NO2. The van der Waals surface area contributed by atoms with Crippen molar-refractivity contribution in [2.75, 3.05) is 6.54 Å². The van der Waals surface area contributed by atoms with Crippen molar-refractivity contribution in [3.8, 4) is 0 Å². The van der Waals surface area contributed by atoms with E-state index in [2.05, 4.69) is 18.8 Å². The molecule has 1 amide bonds. The van der Waals surface area contributed by atoms with Crippen molar-refractivity contribution in [3.05, 3.63) is 12.7 Å². The van der Waals surface area contributed by atoms with Crippen molar-refractivity contribution in [2.24, 2.45) is 5.92 Å². The quantitative estimate of drug-likeness (QED) is 0.703. The van der Waals surface area contributed by atoms with Gasteiger partial charge in [-0.1, -0.05) is 25.8 Å². The van der Waals surface area contributed by atoms with E-state index in [0.717, 1.165) is 19.3 Å². The lowest BCUT2D eigenvalue weighted by Gasteiger charge is -2.35. The Balaban J connectivity index is 2.29. The molecule has 3 nitrogen and oxygen atoms in total. The van der Waals surface area contributed by atoms with Crippen LogP contribution in [-0.4, -0.2) is 23.2 Å². The fraction of sp³-hybridized carbons (Fsp3) is 0.769. The number of hydrogen-bond donors (Lipinski definition) is 2. The Morgan fingerprint density at radius 3 is 3.06 bits per heavy atom. The Kier molecular flexibility index (Phi) is 5.00. The number of rotatable bonds is 5. The molecule has 0 saturated heterocycles. The number of carbonyl (C=O) groups excluding carboxylic acids is 1. The zero-order valence-electron chi connectivity index (χ0n) is 10.2. The van der Waals surface area contributed by atoms with Gasteiger partial charge in [-0.2, -0.15) is 0 Å². The third kappa shape index (κ3) is 4.35. The summed E-state index contributed by atoms with van der Waals surface area (Å²) in [4.78, 5) is 11.4. The van der Waals surface area contributed by atoms with E-state index in [4.69, 9.17) is 0 Å². The lowest BCUT2D eigenvalue weighted by molar-refractivity contribution is -0.122. The molecule has 2 N–H and O–H groups in total. The molecule has 1 aliphatic rings. The molecule has 0 aliphatic heterocycles. The van der Waals surface area contributed by atoms with Gasteiger partial charge in [-0.25, -0.2) is 0 Å². The van der Waals surface area contributed by atoms with Crippen LogP contribution in [0.1, 0.15) is 45.4 Å². The van der Waals surface area contributed by atoms with E-state index < -0.39 is 5.60 Å². The summed E-state index contributed by atoms with van der Waals surface area (Å²) in [5.74, 6) is 0.565. The summed E-state index contributed by atoms with van der Waals surface area (Å²) in [6, 6.07) is 0. The molecule has 2 unspecified atom stereocenters. The third-order valence-corrected chi connectivity index (χ3v) is 3.26. The minimum atomic E-state index is -0.679. The highest BCUT2D eigenvalue weighted by Crippen LogP contribution is 2.31. The van der Waals surface area contributed by atoms with Crippen molar-refractivity contribution < 1.29 is 9.90 Å². The summed E-state index contributed by atoms with van der Waals surface area (Å²) in [5, 5.41) is 13.1. The largest absolute Gasteiger partial charge is 0.388 e. The smallest absolute Gasteiger partial charge is 0.220 e. The van der Waals surface area contributed by atoms with Gasteiger partial charge in [0.1, 0.15) is 0 Å². The number of allylic oxidation sites excluding steroid dienone is 1. The molecule has 1 saturated carbocycles. The van der Waals surface area contributed by atoms with Gasteiger partial charge in [-0.15, -0.1) is 6.58 Å². The number of carbonyl (C=O) groups is 1. The van der Waals surface area contributed by atoms with Crippen LogP contribution in [0.5, 0.6) is 0 Å². The van der Waals surface area contributed by atoms with Crippen LogP contribution in [0.4, 0.5) is 0 Å². The maximum Gasteiger partial charge on any atom is 0.220 e. The fourth-order valence-electron chi connectivity index (χ4n) is 2.38. The second-order valence-electron chi connectivity index (χ2n) is 5.03. The molecule has 1 fully saturated rings. The van der Waals surface area contributed by atoms with Crippen LogP contribution < -0.4 is 5.32 Å². The predicted molar refractivity (Wildman–Crippen MR) is 65.0 cm³/mol. The molecule has 1 rings (SSSR count). The lowest BCUT2D eigenvalue weighted by atomic mass is 9.79. The van der Waals surface area contributed by atoms with Gasteiger partial charge in [0.2, 0.25) is 5.91 Å². The number of nitrogens with one attached hydrogen (secondary N) is 1. The summed E-state index contributed by atoms with van der Waals surface area (Å²) in [5.41, 5.74) is -0.679. The molecule has 1 aliphatic carbocycles. The summed E-state index contributed by atoms with van der Waals surface area (Å²) >= 11 is 0. The average molecular weight is 225 g/mol. The van der Waals surface area contributed by atoms with Crippen LogP contribution in [0, 0.1) is 5.92 Å². The van der Waals surface area contributed by atoms with Gasteiger partial charge in [0.15, 0.2) is 0 Å². The van der Waals surface area contributed by atoms with Gasteiger partial charge in [-0.3, -0.25) is 4.79 Å². The standard InChI is InChI=1S/C13H23NO2/c1-3-4-7-12(15)14-10-13(16)8-5-6-11(2)9-13/h3,11,16H,1,4-10H2,2H3,(H,14,15). The lowest BCUT2D eigenvalue weighted by Crippen LogP contribution is -2.45. The van der Waals surface area contributed by atoms with Gasteiger partial charge >= 0.3 is 0 Å². The van der Waals surface area contributed by atoms with E-state index in [9.17, 15) is 9.90 Å². The van der Waals surface area contributed by atoms with Crippen molar-refractivity contribution in [1.29, 1.82) is 0 Å². The topological polar surface area (TPSA) is 49.3 Å². The number of amides is 1. The van der Waals surface area contributed by atoms with Crippen LogP contribution >= 0.6 is 0 Å². The molecule has 0 aromatic heterocycles. The van der Waals surface area contributed by atoms with Crippen LogP contribution in [0.25, 0.3) is 0 Å². The van der Waals surface area contributed by atoms with E-state index in [1.807, 2.05) is 0 Å². The predicted octanol–water partition coefficient (Wildman–Crippen LogP) is 2.01. The maximum atomic E-state index is 11.4. The fourth-order valence-corrected chi connectivity index (χ4v) is 2.38. The maximum absolute atomic E-state index is 11.4. The molecule has 16 heavy (non-hydrogen) atoms. The highest BCUT2D eigenvalue weighted by Gasteiger charge is 2.32. The van der Waals surface area contributed by atoms with Gasteiger partial charge in [-0.05, 0) is 25.2 Å². The Labute approximate surface area is 97.9 Å². The van der Waals surface area contributed by atoms with E-state index >= 15 is 0 Å². The van der Waals surface area contributed by atoms with Gasteiger partial charge < -0.3 is 10.4 Å². The normalized spacial score (nSPS) is 29.8.